The maximum atomic E-state index is 12.0. The van der Waals surface area contributed by atoms with Crippen molar-refractivity contribution in [1.82, 2.24) is 0 Å². The summed E-state index contributed by atoms with van der Waals surface area (Å²) in [6.45, 7) is 4.75. The van der Waals surface area contributed by atoms with Gasteiger partial charge in [-0.1, -0.05) is 19.9 Å². The largest absolute Gasteiger partial charge is 0.398 e. The van der Waals surface area contributed by atoms with Crippen LogP contribution in [0.5, 0.6) is 0 Å². The molecule has 1 saturated heterocycles. The number of benzene rings is 1. The van der Waals surface area contributed by atoms with E-state index >= 15 is 0 Å². The summed E-state index contributed by atoms with van der Waals surface area (Å²) < 4.78 is 5.43. The first-order valence-corrected chi connectivity index (χ1v) is 6.42. The summed E-state index contributed by atoms with van der Waals surface area (Å²) in [4.78, 5) is 12.0. The van der Waals surface area contributed by atoms with Crippen LogP contribution in [0.4, 0.5) is 11.4 Å². The zero-order chi connectivity index (χ0) is 13.1. The highest BCUT2D eigenvalue weighted by molar-refractivity contribution is 5.95. The molecule has 1 aliphatic rings. The van der Waals surface area contributed by atoms with Gasteiger partial charge in [-0.2, -0.15) is 0 Å². The van der Waals surface area contributed by atoms with Crippen LogP contribution in [-0.2, 0) is 16.0 Å². The Hall–Kier alpha value is -1.55. The quantitative estimate of drug-likeness (QED) is 0.806. The third-order valence-electron chi connectivity index (χ3n) is 3.44. The second kappa shape index (κ2) is 5.40. The maximum Gasteiger partial charge on any atom is 0.253 e. The Morgan fingerprint density at radius 2 is 2.33 bits per heavy atom. The van der Waals surface area contributed by atoms with Crippen LogP contribution in [0.15, 0.2) is 18.2 Å². The highest BCUT2D eigenvalue weighted by atomic mass is 16.5. The van der Waals surface area contributed by atoms with E-state index in [4.69, 9.17) is 10.5 Å². The van der Waals surface area contributed by atoms with Gasteiger partial charge >= 0.3 is 0 Å². The lowest BCUT2D eigenvalue weighted by Crippen LogP contribution is -2.31. The van der Waals surface area contributed by atoms with Gasteiger partial charge in [0.1, 0.15) is 6.10 Å². The van der Waals surface area contributed by atoms with Crippen LogP contribution in [0.1, 0.15) is 25.8 Å². The Bertz CT molecular complexity index is 445. The van der Waals surface area contributed by atoms with Gasteiger partial charge in [0, 0.05) is 18.0 Å². The van der Waals surface area contributed by atoms with Gasteiger partial charge in [0.25, 0.3) is 5.91 Å². The predicted octanol–water partition coefficient (Wildman–Crippen LogP) is 2.19. The van der Waals surface area contributed by atoms with Gasteiger partial charge < -0.3 is 15.8 Å². The van der Waals surface area contributed by atoms with E-state index in [0.29, 0.717) is 6.61 Å². The zero-order valence-corrected chi connectivity index (χ0v) is 10.9. The molecule has 4 nitrogen and oxygen atoms in total. The van der Waals surface area contributed by atoms with Gasteiger partial charge in [0.15, 0.2) is 0 Å². The topological polar surface area (TPSA) is 64.3 Å². The number of nitrogens with one attached hydrogen (secondary N) is 1. The van der Waals surface area contributed by atoms with E-state index in [9.17, 15) is 4.79 Å². The van der Waals surface area contributed by atoms with Crippen LogP contribution in [0.25, 0.3) is 0 Å². The summed E-state index contributed by atoms with van der Waals surface area (Å²) in [5.41, 5.74) is 8.45. The minimum absolute atomic E-state index is 0.0800. The second-order valence-corrected chi connectivity index (χ2v) is 4.81. The molecule has 4 heteroatoms. The van der Waals surface area contributed by atoms with E-state index < -0.39 is 0 Å². The standard InChI is InChI=1S/C14H20N2O2/c1-3-10-4-5-11(8-12(10)15)16-14(17)13-9(2)6-7-18-13/h4-5,8-9,13H,3,6-7,15H2,1-2H3,(H,16,17). The molecule has 0 aromatic heterocycles. The number of nitrogen functional groups attached to an aromatic ring is 1. The summed E-state index contributed by atoms with van der Waals surface area (Å²) in [6, 6.07) is 5.63. The molecule has 98 valence electrons. The molecule has 0 saturated carbocycles. The molecule has 1 amide bonds. The summed E-state index contributed by atoms with van der Waals surface area (Å²) in [5.74, 6) is 0.195. The lowest BCUT2D eigenvalue weighted by atomic mass is 10.0. The monoisotopic (exact) mass is 248 g/mol. The molecule has 3 N–H and O–H groups in total. The van der Waals surface area contributed by atoms with Gasteiger partial charge in [-0.3, -0.25) is 4.79 Å². The fourth-order valence-electron chi connectivity index (χ4n) is 2.24. The van der Waals surface area contributed by atoms with Crippen molar-refractivity contribution in [1.29, 1.82) is 0 Å². The van der Waals surface area contributed by atoms with Crippen molar-refractivity contribution in [2.24, 2.45) is 5.92 Å². The number of carbonyl (C=O) groups excluding carboxylic acids is 1. The third kappa shape index (κ3) is 2.64. The number of nitrogens with two attached hydrogens (primary N) is 1. The van der Waals surface area contributed by atoms with Gasteiger partial charge in [0.05, 0.1) is 0 Å². The van der Waals surface area contributed by atoms with E-state index in [1.54, 1.807) is 6.07 Å². The first-order chi connectivity index (χ1) is 8.61. The highest BCUT2D eigenvalue weighted by Crippen LogP contribution is 2.23. The lowest BCUT2D eigenvalue weighted by Gasteiger charge is -2.15. The molecule has 1 aromatic rings. The van der Waals surface area contributed by atoms with E-state index in [2.05, 4.69) is 12.2 Å². The van der Waals surface area contributed by atoms with Crippen LogP contribution in [0.2, 0.25) is 0 Å². The second-order valence-electron chi connectivity index (χ2n) is 4.81. The predicted molar refractivity (Wildman–Crippen MR) is 72.4 cm³/mol. The maximum absolute atomic E-state index is 12.0. The molecule has 2 rings (SSSR count). The molecular formula is C14H20N2O2. The Morgan fingerprint density at radius 1 is 1.56 bits per heavy atom. The molecule has 1 fully saturated rings. The van der Waals surface area contributed by atoms with E-state index in [1.165, 1.54) is 0 Å². The number of carbonyl (C=O) groups is 1. The molecule has 0 bridgehead atoms. The van der Waals surface area contributed by atoms with Crippen LogP contribution >= 0.6 is 0 Å². The van der Waals surface area contributed by atoms with Crippen molar-refractivity contribution in [3.8, 4) is 0 Å². The molecule has 0 spiro atoms. The van der Waals surface area contributed by atoms with Crippen LogP contribution in [0, 0.1) is 5.92 Å². The smallest absolute Gasteiger partial charge is 0.253 e. The number of hydrogen-bond donors (Lipinski definition) is 2. The van der Waals surface area contributed by atoms with Gasteiger partial charge in [-0.25, -0.2) is 0 Å². The molecule has 1 aliphatic heterocycles. The Morgan fingerprint density at radius 3 is 2.89 bits per heavy atom. The van der Waals surface area contributed by atoms with Gasteiger partial charge in [-0.15, -0.1) is 0 Å². The van der Waals surface area contributed by atoms with Crippen molar-refractivity contribution >= 4 is 17.3 Å². The summed E-state index contributed by atoms with van der Waals surface area (Å²) in [5, 5.41) is 2.86. The Balaban J connectivity index is 2.05. The van der Waals surface area contributed by atoms with Crippen LogP contribution in [-0.4, -0.2) is 18.6 Å². The summed E-state index contributed by atoms with van der Waals surface area (Å²) in [6.07, 6.45) is 1.50. The fraction of sp³-hybridized carbons (Fsp3) is 0.500. The molecule has 0 radical (unpaired) electrons. The number of anilines is 2. The average molecular weight is 248 g/mol. The van der Waals surface area contributed by atoms with E-state index in [0.717, 1.165) is 29.8 Å². The van der Waals surface area contributed by atoms with Crippen LogP contribution < -0.4 is 11.1 Å². The average Bonchev–Trinajstić information content (AvgIpc) is 2.76. The Labute approximate surface area is 108 Å². The molecule has 2 atom stereocenters. The van der Waals surface area contributed by atoms with Gasteiger partial charge in [0.2, 0.25) is 0 Å². The van der Waals surface area contributed by atoms with Crippen molar-refractivity contribution in [3.63, 3.8) is 0 Å². The number of rotatable bonds is 3. The zero-order valence-electron chi connectivity index (χ0n) is 10.9. The third-order valence-corrected chi connectivity index (χ3v) is 3.44. The molecular weight excluding hydrogens is 228 g/mol. The van der Waals surface area contributed by atoms with Crippen LogP contribution in [0.3, 0.4) is 0 Å². The molecule has 1 heterocycles. The molecule has 18 heavy (non-hydrogen) atoms. The molecule has 2 unspecified atom stereocenters. The molecule has 1 aromatic carbocycles. The first-order valence-electron chi connectivity index (χ1n) is 6.42. The number of hydrogen-bond acceptors (Lipinski definition) is 3. The summed E-state index contributed by atoms with van der Waals surface area (Å²) in [7, 11) is 0. The number of amides is 1. The molecule has 0 aliphatic carbocycles. The van der Waals surface area contributed by atoms with Crippen molar-refractivity contribution < 1.29 is 9.53 Å². The SMILES string of the molecule is CCc1ccc(NC(=O)C2OCCC2C)cc1N. The fourth-order valence-corrected chi connectivity index (χ4v) is 2.24. The van der Waals surface area contributed by atoms with Crippen molar-refractivity contribution in [3.05, 3.63) is 23.8 Å². The first kappa shape index (κ1) is 12.9. The highest BCUT2D eigenvalue weighted by Gasteiger charge is 2.30. The van der Waals surface area contributed by atoms with Crippen molar-refractivity contribution in [2.45, 2.75) is 32.8 Å². The normalized spacial score (nSPS) is 23.0. The lowest BCUT2D eigenvalue weighted by molar-refractivity contribution is -0.126. The Kier molecular flexibility index (Phi) is 3.87. The van der Waals surface area contributed by atoms with Crippen molar-refractivity contribution in [2.75, 3.05) is 17.7 Å². The van der Waals surface area contributed by atoms with Gasteiger partial charge in [-0.05, 0) is 36.5 Å². The number of aryl methyl sites for hydroxylation is 1. The number of ether oxygens (including phenoxy) is 1. The minimum atomic E-state index is -0.336. The minimum Gasteiger partial charge on any atom is -0.398 e. The van der Waals surface area contributed by atoms with E-state index in [-0.39, 0.29) is 17.9 Å². The van der Waals surface area contributed by atoms with E-state index in [1.807, 2.05) is 19.1 Å². The summed E-state index contributed by atoms with van der Waals surface area (Å²) >= 11 is 0.